The molecule has 0 unspecified atom stereocenters. The van der Waals surface area contributed by atoms with E-state index in [1.807, 2.05) is 12.1 Å². The van der Waals surface area contributed by atoms with Gasteiger partial charge >= 0.3 is 0 Å². The van der Waals surface area contributed by atoms with Gasteiger partial charge in [0.2, 0.25) is 0 Å². The van der Waals surface area contributed by atoms with Gasteiger partial charge in [-0.3, -0.25) is 0 Å². The second-order valence-corrected chi connectivity index (χ2v) is 3.69. The van der Waals surface area contributed by atoms with Crippen LogP contribution in [0, 0.1) is 0 Å². The SMILES string of the molecule is NOCCc1cc2c(cc1Cl)COCO2. The van der Waals surface area contributed by atoms with Crippen LogP contribution in [0.15, 0.2) is 12.1 Å². The van der Waals surface area contributed by atoms with Crippen molar-refractivity contribution in [2.75, 3.05) is 13.4 Å². The predicted octanol–water partition coefficient (Wildman–Crippen LogP) is 1.64. The molecule has 4 nitrogen and oxygen atoms in total. The molecule has 0 radical (unpaired) electrons. The Hall–Kier alpha value is -0.810. The molecule has 0 saturated carbocycles. The highest BCUT2D eigenvalue weighted by molar-refractivity contribution is 6.31. The fourth-order valence-electron chi connectivity index (χ4n) is 1.50. The highest BCUT2D eigenvalue weighted by Gasteiger charge is 2.13. The van der Waals surface area contributed by atoms with Gasteiger partial charge in [0.1, 0.15) is 5.75 Å². The molecule has 0 aliphatic carbocycles. The van der Waals surface area contributed by atoms with E-state index >= 15 is 0 Å². The molecule has 2 N–H and O–H groups in total. The summed E-state index contributed by atoms with van der Waals surface area (Å²) in [4.78, 5) is 4.52. The summed E-state index contributed by atoms with van der Waals surface area (Å²) in [7, 11) is 0. The number of fused-ring (bicyclic) bond motifs is 1. The fourth-order valence-corrected chi connectivity index (χ4v) is 1.78. The summed E-state index contributed by atoms with van der Waals surface area (Å²) >= 11 is 6.09. The summed E-state index contributed by atoms with van der Waals surface area (Å²) in [6.45, 7) is 1.28. The Morgan fingerprint density at radius 3 is 3.13 bits per heavy atom. The normalized spacial score (nSPS) is 14.5. The first-order valence-corrected chi connectivity index (χ1v) is 5.02. The van der Waals surface area contributed by atoms with E-state index in [9.17, 15) is 0 Å². The second kappa shape index (κ2) is 4.81. The average molecular weight is 230 g/mol. The van der Waals surface area contributed by atoms with Gasteiger partial charge in [-0.2, -0.15) is 0 Å². The standard InChI is InChI=1S/C10H12ClNO3/c11-9-3-8-5-13-6-14-10(8)4-7(9)1-2-15-12/h3-4H,1-2,5-6,12H2. The van der Waals surface area contributed by atoms with Gasteiger partial charge in [0.05, 0.1) is 13.2 Å². The third-order valence-corrected chi connectivity index (χ3v) is 2.63. The van der Waals surface area contributed by atoms with Crippen LogP contribution in [0.3, 0.4) is 0 Å². The fraction of sp³-hybridized carbons (Fsp3) is 0.400. The van der Waals surface area contributed by atoms with Crippen LogP contribution in [0.4, 0.5) is 0 Å². The van der Waals surface area contributed by atoms with Gasteiger partial charge in [-0.25, -0.2) is 5.90 Å². The Balaban J connectivity index is 2.24. The van der Waals surface area contributed by atoms with Crippen molar-refractivity contribution >= 4 is 11.6 Å². The van der Waals surface area contributed by atoms with Crippen LogP contribution in [0.25, 0.3) is 0 Å². The highest BCUT2D eigenvalue weighted by atomic mass is 35.5. The molecule has 2 rings (SSSR count). The minimum atomic E-state index is 0.293. The average Bonchev–Trinajstić information content (AvgIpc) is 2.26. The summed E-state index contributed by atoms with van der Waals surface area (Å²) < 4.78 is 10.5. The Labute approximate surface area is 92.8 Å². The number of nitrogens with two attached hydrogens (primary N) is 1. The maximum absolute atomic E-state index is 6.09. The van der Waals surface area contributed by atoms with E-state index in [1.54, 1.807) is 0 Å². The van der Waals surface area contributed by atoms with Crippen molar-refractivity contribution in [3.05, 3.63) is 28.3 Å². The Kier molecular flexibility index (Phi) is 3.43. The van der Waals surface area contributed by atoms with Crippen molar-refractivity contribution in [2.45, 2.75) is 13.0 Å². The molecule has 0 amide bonds. The first-order chi connectivity index (χ1) is 7.31. The molecule has 15 heavy (non-hydrogen) atoms. The van der Waals surface area contributed by atoms with Gasteiger partial charge in [0.25, 0.3) is 0 Å². The molecule has 1 heterocycles. The topological polar surface area (TPSA) is 53.7 Å². The van der Waals surface area contributed by atoms with Gasteiger partial charge < -0.3 is 14.3 Å². The lowest BCUT2D eigenvalue weighted by molar-refractivity contribution is -0.0164. The molecule has 82 valence electrons. The van der Waals surface area contributed by atoms with Crippen LogP contribution in [0.2, 0.25) is 5.02 Å². The number of benzene rings is 1. The van der Waals surface area contributed by atoms with Gasteiger partial charge in [-0.1, -0.05) is 11.6 Å². The van der Waals surface area contributed by atoms with Crippen LogP contribution in [-0.2, 0) is 22.6 Å². The molecule has 1 aliphatic heterocycles. The number of ether oxygens (including phenoxy) is 2. The minimum Gasteiger partial charge on any atom is -0.467 e. The summed E-state index contributed by atoms with van der Waals surface area (Å²) in [5.41, 5.74) is 1.95. The summed E-state index contributed by atoms with van der Waals surface area (Å²) in [6, 6.07) is 3.78. The van der Waals surface area contributed by atoms with Crippen molar-refractivity contribution < 1.29 is 14.3 Å². The van der Waals surface area contributed by atoms with Crippen molar-refractivity contribution in [3.8, 4) is 5.75 Å². The lowest BCUT2D eigenvalue weighted by Crippen LogP contribution is -2.12. The molecular formula is C10H12ClNO3. The maximum atomic E-state index is 6.09. The highest BCUT2D eigenvalue weighted by Crippen LogP contribution is 2.30. The summed E-state index contributed by atoms with van der Waals surface area (Å²) in [5, 5.41) is 0.694. The zero-order valence-electron chi connectivity index (χ0n) is 8.16. The number of hydrogen-bond donors (Lipinski definition) is 1. The molecular weight excluding hydrogens is 218 g/mol. The van der Waals surface area contributed by atoms with Crippen LogP contribution in [-0.4, -0.2) is 13.4 Å². The van der Waals surface area contributed by atoms with Crippen molar-refractivity contribution in [1.29, 1.82) is 0 Å². The molecule has 0 fully saturated rings. The third kappa shape index (κ3) is 2.41. The lowest BCUT2D eigenvalue weighted by Gasteiger charge is -2.19. The van der Waals surface area contributed by atoms with E-state index in [4.69, 9.17) is 27.0 Å². The van der Waals surface area contributed by atoms with Gasteiger partial charge in [0, 0.05) is 10.6 Å². The molecule has 1 aliphatic rings. The molecule has 0 bridgehead atoms. The first kappa shape index (κ1) is 10.7. The Bertz CT molecular complexity index is 357. The van der Waals surface area contributed by atoms with Gasteiger partial charge in [0.15, 0.2) is 6.79 Å². The Morgan fingerprint density at radius 1 is 1.47 bits per heavy atom. The molecule has 0 spiro atoms. The van der Waals surface area contributed by atoms with Gasteiger partial charge in [-0.15, -0.1) is 0 Å². The Morgan fingerprint density at radius 2 is 2.33 bits per heavy atom. The quantitative estimate of drug-likeness (QED) is 0.801. The smallest absolute Gasteiger partial charge is 0.189 e. The molecule has 0 atom stereocenters. The van der Waals surface area contributed by atoms with E-state index in [0.29, 0.717) is 31.5 Å². The number of hydrogen-bond acceptors (Lipinski definition) is 4. The first-order valence-electron chi connectivity index (χ1n) is 4.65. The minimum absolute atomic E-state index is 0.293. The summed E-state index contributed by atoms with van der Waals surface area (Å²) in [5.74, 6) is 5.80. The van der Waals surface area contributed by atoms with E-state index in [-0.39, 0.29) is 0 Å². The second-order valence-electron chi connectivity index (χ2n) is 3.28. The van der Waals surface area contributed by atoms with Gasteiger partial charge in [-0.05, 0) is 24.1 Å². The predicted molar refractivity (Wildman–Crippen MR) is 55.6 cm³/mol. The monoisotopic (exact) mass is 229 g/mol. The maximum Gasteiger partial charge on any atom is 0.189 e. The lowest BCUT2D eigenvalue weighted by atomic mass is 10.1. The van der Waals surface area contributed by atoms with E-state index in [1.165, 1.54) is 0 Å². The molecule has 1 aromatic carbocycles. The van der Waals surface area contributed by atoms with Crippen molar-refractivity contribution in [3.63, 3.8) is 0 Å². The van der Waals surface area contributed by atoms with Crippen LogP contribution < -0.4 is 10.6 Å². The van der Waals surface area contributed by atoms with Crippen LogP contribution in [0.1, 0.15) is 11.1 Å². The summed E-state index contributed by atoms with van der Waals surface area (Å²) in [6.07, 6.45) is 0.673. The van der Waals surface area contributed by atoms with Crippen LogP contribution in [0.5, 0.6) is 5.75 Å². The zero-order valence-corrected chi connectivity index (χ0v) is 8.92. The van der Waals surface area contributed by atoms with E-state index < -0.39 is 0 Å². The molecule has 5 heteroatoms. The number of rotatable bonds is 3. The molecule has 0 saturated heterocycles. The molecule has 0 aromatic heterocycles. The third-order valence-electron chi connectivity index (χ3n) is 2.27. The van der Waals surface area contributed by atoms with Crippen molar-refractivity contribution in [1.82, 2.24) is 0 Å². The molecule has 1 aromatic rings. The van der Waals surface area contributed by atoms with Crippen molar-refractivity contribution in [2.24, 2.45) is 5.90 Å². The largest absolute Gasteiger partial charge is 0.467 e. The zero-order chi connectivity index (χ0) is 10.7. The number of halogens is 1. The van der Waals surface area contributed by atoms with E-state index in [0.717, 1.165) is 16.9 Å². The van der Waals surface area contributed by atoms with Crippen LogP contribution >= 0.6 is 11.6 Å². The van der Waals surface area contributed by atoms with E-state index in [2.05, 4.69) is 4.84 Å².